The molecular formula is C15H24N2O5. The van der Waals surface area contributed by atoms with Gasteiger partial charge in [0.15, 0.2) is 0 Å². The summed E-state index contributed by atoms with van der Waals surface area (Å²) in [7, 11) is 0. The van der Waals surface area contributed by atoms with E-state index >= 15 is 0 Å². The largest absolute Gasteiger partial charge is 0.390 e. The van der Waals surface area contributed by atoms with Crippen LogP contribution in [0.4, 0.5) is 0 Å². The van der Waals surface area contributed by atoms with Gasteiger partial charge in [-0.1, -0.05) is 19.8 Å². The lowest BCUT2D eigenvalue weighted by Crippen LogP contribution is -2.33. The number of unbranched alkanes of at least 4 members (excludes halogenated alkanes) is 2. The van der Waals surface area contributed by atoms with Gasteiger partial charge in [-0.3, -0.25) is 14.3 Å². The normalized spacial score (nSPS) is 24.8. The average Bonchev–Trinajstić information content (AvgIpc) is 2.84. The molecule has 1 aliphatic rings. The van der Waals surface area contributed by atoms with Crippen molar-refractivity contribution in [1.29, 1.82) is 0 Å². The zero-order valence-electron chi connectivity index (χ0n) is 13.1. The number of aliphatic hydroxyl groups is 1. The molecule has 124 valence electrons. The number of hydrogen-bond acceptors (Lipinski definition) is 5. The highest BCUT2D eigenvalue weighted by Crippen LogP contribution is 2.27. The number of H-pyrrole nitrogens is 1. The molecule has 1 aromatic rings. The number of aliphatic hydroxyl groups excluding tert-OH is 1. The Balaban J connectivity index is 1.94. The van der Waals surface area contributed by atoms with Crippen LogP contribution in [0.3, 0.4) is 0 Å². The molecule has 7 heteroatoms. The molecule has 0 amide bonds. The molecule has 0 unspecified atom stereocenters. The van der Waals surface area contributed by atoms with Gasteiger partial charge in [0.25, 0.3) is 5.56 Å². The van der Waals surface area contributed by atoms with E-state index in [1.165, 1.54) is 10.8 Å². The molecular weight excluding hydrogens is 288 g/mol. The molecule has 2 heterocycles. The molecule has 0 saturated carbocycles. The summed E-state index contributed by atoms with van der Waals surface area (Å²) in [4.78, 5) is 25.5. The van der Waals surface area contributed by atoms with Gasteiger partial charge >= 0.3 is 5.69 Å². The second kappa shape index (κ2) is 7.71. The summed E-state index contributed by atoms with van der Waals surface area (Å²) in [6, 6.07) is 0. The summed E-state index contributed by atoms with van der Waals surface area (Å²) < 4.78 is 12.5. The second-order valence-electron chi connectivity index (χ2n) is 5.69. The Labute approximate surface area is 128 Å². The summed E-state index contributed by atoms with van der Waals surface area (Å²) >= 11 is 0. The number of aryl methyl sites for hydroxylation is 1. The molecule has 0 bridgehead atoms. The second-order valence-corrected chi connectivity index (χ2v) is 5.69. The molecule has 0 spiro atoms. The van der Waals surface area contributed by atoms with E-state index in [4.69, 9.17) is 9.47 Å². The molecule has 22 heavy (non-hydrogen) atoms. The Hall–Kier alpha value is -1.44. The van der Waals surface area contributed by atoms with Crippen molar-refractivity contribution in [3.63, 3.8) is 0 Å². The molecule has 7 nitrogen and oxygen atoms in total. The van der Waals surface area contributed by atoms with E-state index in [2.05, 4.69) is 11.9 Å². The number of hydrogen-bond donors (Lipinski definition) is 2. The first-order valence-electron chi connectivity index (χ1n) is 7.76. The van der Waals surface area contributed by atoms with E-state index in [1.54, 1.807) is 6.92 Å². The van der Waals surface area contributed by atoms with Crippen LogP contribution in [0, 0.1) is 6.92 Å². The minimum Gasteiger partial charge on any atom is -0.390 e. The highest BCUT2D eigenvalue weighted by atomic mass is 16.6. The summed E-state index contributed by atoms with van der Waals surface area (Å²) in [6.45, 7) is 4.69. The van der Waals surface area contributed by atoms with Crippen LogP contribution >= 0.6 is 0 Å². The van der Waals surface area contributed by atoms with Crippen LogP contribution in [0.5, 0.6) is 0 Å². The molecule has 2 N–H and O–H groups in total. The third-order valence-corrected chi connectivity index (χ3v) is 3.83. The third kappa shape index (κ3) is 4.06. The van der Waals surface area contributed by atoms with E-state index in [-0.39, 0.29) is 0 Å². The highest BCUT2D eigenvalue weighted by molar-refractivity contribution is 5.02. The Kier molecular flexibility index (Phi) is 5.93. The van der Waals surface area contributed by atoms with Gasteiger partial charge < -0.3 is 14.6 Å². The van der Waals surface area contributed by atoms with E-state index in [0.29, 0.717) is 25.2 Å². The maximum absolute atomic E-state index is 11.8. The van der Waals surface area contributed by atoms with Crippen molar-refractivity contribution in [3.05, 3.63) is 32.6 Å². The van der Waals surface area contributed by atoms with Gasteiger partial charge in [0.1, 0.15) is 12.3 Å². The Bertz CT molecular complexity index is 594. The molecule has 0 radical (unpaired) electrons. The van der Waals surface area contributed by atoms with Gasteiger partial charge in [-0.2, -0.15) is 0 Å². The van der Waals surface area contributed by atoms with E-state index in [1.807, 2.05) is 0 Å². The molecule has 2 rings (SSSR count). The molecule has 1 aliphatic heterocycles. The van der Waals surface area contributed by atoms with Crippen LogP contribution in [0.25, 0.3) is 0 Å². The zero-order valence-corrected chi connectivity index (χ0v) is 13.1. The summed E-state index contributed by atoms with van der Waals surface area (Å²) in [5.74, 6) is 0. The lowest BCUT2D eigenvalue weighted by Gasteiger charge is -2.16. The number of rotatable bonds is 7. The number of aromatic nitrogens is 2. The van der Waals surface area contributed by atoms with Gasteiger partial charge in [0.2, 0.25) is 0 Å². The van der Waals surface area contributed by atoms with Crippen LogP contribution in [0.15, 0.2) is 15.8 Å². The monoisotopic (exact) mass is 312 g/mol. The van der Waals surface area contributed by atoms with Crippen LogP contribution in [-0.4, -0.2) is 40.1 Å². The van der Waals surface area contributed by atoms with Crippen molar-refractivity contribution in [2.45, 2.75) is 58.0 Å². The predicted molar refractivity (Wildman–Crippen MR) is 80.9 cm³/mol. The maximum Gasteiger partial charge on any atom is 0.330 e. The molecule has 0 aromatic carbocycles. The van der Waals surface area contributed by atoms with Crippen molar-refractivity contribution in [1.82, 2.24) is 9.55 Å². The predicted octanol–water partition coefficient (Wildman–Crippen LogP) is 0.700. The Morgan fingerprint density at radius 1 is 1.45 bits per heavy atom. The quantitative estimate of drug-likeness (QED) is 0.723. The van der Waals surface area contributed by atoms with Crippen molar-refractivity contribution in [2.24, 2.45) is 0 Å². The number of nitrogens with zero attached hydrogens (tertiary/aromatic N) is 1. The zero-order chi connectivity index (χ0) is 16.1. The minimum absolute atomic E-state index is 0.300. The molecule has 1 fully saturated rings. The number of ether oxygens (including phenoxy) is 2. The van der Waals surface area contributed by atoms with E-state index in [9.17, 15) is 14.7 Å². The first kappa shape index (κ1) is 16.9. The van der Waals surface area contributed by atoms with Gasteiger partial charge in [0, 0.05) is 24.8 Å². The lowest BCUT2D eigenvalue weighted by atomic mass is 10.2. The van der Waals surface area contributed by atoms with Crippen LogP contribution in [0.2, 0.25) is 0 Å². The smallest absolute Gasteiger partial charge is 0.330 e. The first-order chi connectivity index (χ1) is 10.5. The standard InChI is InChI=1S/C15H24N2O5/c1-3-4-5-6-21-9-12-11(18)7-13(22-12)17-8-10(2)14(19)16-15(17)20/h8,11-13,18H,3-7,9H2,1-2H3,(H,16,19,20)/t11-,12+,13+/m0/s1. The van der Waals surface area contributed by atoms with Crippen molar-refractivity contribution >= 4 is 0 Å². The van der Waals surface area contributed by atoms with E-state index in [0.717, 1.165) is 19.3 Å². The summed E-state index contributed by atoms with van der Waals surface area (Å²) in [5, 5.41) is 10.0. The Morgan fingerprint density at radius 3 is 2.95 bits per heavy atom. The van der Waals surface area contributed by atoms with Gasteiger partial charge in [-0.05, 0) is 13.3 Å². The summed E-state index contributed by atoms with van der Waals surface area (Å²) in [5.41, 5.74) is -0.509. The third-order valence-electron chi connectivity index (χ3n) is 3.83. The fraction of sp³-hybridized carbons (Fsp3) is 0.733. The van der Waals surface area contributed by atoms with Gasteiger partial charge in [-0.25, -0.2) is 4.79 Å². The minimum atomic E-state index is -0.685. The fourth-order valence-electron chi connectivity index (χ4n) is 2.49. The molecule has 3 atom stereocenters. The fourth-order valence-corrected chi connectivity index (χ4v) is 2.49. The van der Waals surface area contributed by atoms with Crippen molar-refractivity contribution in [3.8, 4) is 0 Å². The maximum atomic E-state index is 11.8. The highest BCUT2D eigenvalue weighted by Gasteiger charge is 2.35. The topological polar surface area (TPSA) is 93.5 Å². The molecule has 1 aromatic heterocycles. The van der Waals surface area contributed by atoms with Crippen molar-refractivity contribution in [2.75, 3.05) is 13.2 Å². The lowest BCUT2D eigenvalue weighted by molar-refractivity contribution is -0.0638. The average molecular weight is 312 g/mol. The van der Waals surface area contributed by atoms with Crippen LogP contribution in [0.1, 0.15) is 44.4 Å². The van der Waals surface area contributed by atoms with Gasteiger partial charge in [0.05, 0.1) is 12.7 Å². The first-order valence-corrected chi connectivity index (χ1v) is 7.76. The van der Waals surface area contributed by atoms with Crippen molar-refractivity contribution < 1.29 is 14.6 Å². The van der Waals surface area contributed by atoms with E-state index < -0.39 is 29.7 Å². The molecule has 1 saturated heterocycles. The Morgan fingerprint density at radius 2 is 2.23 bits per heavy atom. The number of nitrogens with one attached hydrogen (secondary N) is 1. The molecule has 0 aliphatic carbocycles. The number of aromatic amines is 1. The van der Waals surface area contributed by atoms with Gasteiger partial charge in [-0.15, -0.1) is 0 Å². The summed E-state index contributed by atoms with van der Waals surface area (Å²) in [6.07, 6.45) is 3.27. The SMILES string of the molecule is CCCCCOC[C@H]1O[C@@H](n2cc(C)c(=O)[nH]c2=O)C[C@@H]1O. The van der Waals surface area contributed by atoms with Crippen LogP contribution < -0.4 is 11.2 Å². The van der Waals surface area contributed by atoms with Crippen LogP contribution in [-0.2, 0) is 9.47 Å².